The van der Waals surface area contributed by atoms with Crippen LogP contribution in [0.2, 0.25) is 0 Å². The summed E-state index contributed by atoms with van der Waals surface area (Å²) < 4.78 is 24.5. The van der Waals surface area contributed by atoms with Gasteiger partial charge in [0.1, 0.15) is 11.6 Å². The summed E-state index contributed by atoms with van der Waals surface area (Å²) in [7, 11) is 0. The summed E-state index contributed by atoms with van der Waals surface area (Å²) in [4.78, 5) is 27.4. The van der Waals surface area contributed by atoms with Gasteiger partial charge in [-0.1, -0.05) is 6.07 Å². The van der Waals surface area contributed by atoms with Gasteiger partial charge < -0.3 is 24.6 Å². The summed E-state index contributed by atoms with van der Waals surface area (Å²) in [6.07, 6.45) is 1.40. The van der Waals surface area contributed by atoms with E-state index in [-0.39, 0.29) is 35.3 Å². The van der Waals surface area contributed by atoms with Gasteiger partial charge in [-0.3, -0.25) is 9.59 Å². The zero-order chi connectivity index (χ0) is 22.8. The molecule has 2 N–H and O–H groups in total. The van der Waals surface area contributed by atoms with E-state index in [4.69, 9.17) is 9.47 Å². The molecule has 1 amide bonds. The van der Waals surface area contributed by atoms with Crippen LogP contribution < -0.4 is 4.74 Å². The van der Waals surface area contributed by atoms with Crippen LogP contribution in [0.5, 0.6) is 11.5 Å². The van der Waals surface area contributed by atoms with Crippen molar-refractivity contribution in [3.8, 4) is 11.5 Å². The lowest BCUT2D eigenvalue weighted by molar-refractivity contribution is -0.140. The Kier molecular flexibility index (Phi) is 6.14. The van der Waals surface area contributed by atoms with E-state index < -0.39 is 29.3 Å². The summed E-state index contributed by atoms with van der Waals surface area (Å²) >= 11 is 0. The van der Waals surface area contributed by atoms with Crippen LogP contribution in [0.25, 0.3) is 5.76 Å². The highest BCUT2D eigenvalue weighted by molar-refractivity contribution is 6.46. The number of hydrogen-bond acceptors (Lipinski definition) is 6. The number of Topliss-reactive ketones (excluding diaryl/α,β-unsaturated/α-hetero) is 1. The van der Waals surface area contributed by atoms with Crippen molar-refractivity contribution in [1.82, 2.24) is 4.90 Å². The number of aliphatic hydroxyl groups is 1. The Morgan fingerprint density at radius 1 is 1.22 bits per heavy atom. The Bertz CT molecular complexity index is 1060. The molecule has 2 unspecified atom stereocenters. The topological polar surface area (TPSA) is 96.3 Å². The predicted molar refractivity (Wildman–Crippen MR) is 114 cm³/mol. The molecule has 0 radical (unpaired) electrons. The molecule has 0 spiro atoms. The molecule has 2 fully saturated rings. The number of aliphatic hydroxyl groups excluding tert-OH is 1. The van der Waals surface area contributed by atoms with E-state index in [2.05, 4.69) is 0 Å². The second kappa shape index (κ2) is 9.00. The minimum absolute atomic E-state index is 0.0785. The number of hydrogen-bond donors (Lipinski definition) is 2. The Labute approximate surface area is 184 Å². The molecule has 7 nitrogen and oxygen atoms in total. The number of carbonyl (C=O) groups is 2. The number of rotatable bonds is 6. The minimum atomic E-state index is -0.913. The molecule has 0 aliphatic carbocycles. The summed E-state index contributed by atoms with van der Waals surface area (Å²) in [5.74, 6) is -2.34. The van der Waals surface area contributed by atoms with Gasteiger partial charge in [0.05, 0.1) is 24.3 Å². The Hall–Kier alpha value is -3.39. The van der Waals surface area contributed by atoms with Crippen LogP contribution in [-0.4, -0.2) is 52.7 Å². The predicted octanol–water partition coefficient (Wildman–Crippen LogP) is 3.53. The standard InChI is InChI=1S/C24H24FNO6/c1-2-31-19-12-15(7-10-18(19)27)21-20(22(28)14-5-8-16(25)9-6-14)23(29)24(30)26(21)13-17-4-3-11-32-17/h5-10,12,17,21,27-28H,2-4,11,13H2,1H3. The van der Waals surface area contributed by atoms with Gasteiger partial charge >= 0.3 is 0 Å². The highest BCUT2D eigenvalue weighted by Crippen LogP contribution is 2.42. The van der Waals surface area contributed by atoms with Crippen molar-refractivity contribution in [1.29, 1.82) is 0 Å². The Balaban J connectivity index is 1.84. The summed E-state index contributed by atoms with van der Waals surface area (Å²) in [5, 5.41) is 21.1. The first-order valence-electron chi connectivity index (χ1n) is 10.5. The first-order valence-corrected chi connectivity index (χ1v) is 10.5. The summed E-state index contributed by atoms with van der Waals surface area (Å²) in [6, 6.07) is 8.66. The number of benzene rings is 2. The van der Waals surface area contributed by atoms with Gasteiger partial charge in [0.2, 0.25) is 0 Å². The van der Waals surface area contributed by atoms with Crippen molar-refractivity contribution in [2.45, 2.75) is 31.9 Å². The fourth-order valence-corrected chi connectivity index (χ4v) is 4.16. The lowest BCUT2D eigenvalue weighted by atomic mass is 9.95. The number of carbonyl (C=O) groups excluding carboxylic acids is 2. The number of halogens is 1. The van der Waals surface area contributed by atoms with E-state index in [1.165, 1.54) is 35.2 Å². The smallest absolute Gasteiger partial charge is 0.295 e. The van der Waals surface area contributed by atoms with Crippen molar-refractivity contribution in [2.75, 3.05) is 19.8 Å². The molecule has 2 saturated heterocycles. The maximum Gasteiger partial charge on any atom is 0.295 e. The van der Waals surface area contributed by atoms with Gasteiger partial charge in [-0.05, 0) is 61.7 Å². The lowest BCUT2D eigenvalue weighted by Crippen LogP contribution is -2.36. The number of ketones is 1. The fraction of sp³-hybridized carbons (Fsp3) is 0.333. The van der Waals surface area contributed by atoms with Crippen molar-refractivity contribution in [2.24, 2.45) is 0 Å². The van der Waals surface area contributed by atoms with Crippen molar-refractivity contribution in [3.63, 3.8) is 0 Å². The van der Waals surface area contributed by atoms with E-state index in [1.807, 2.05) is 0 Å². The average molecular weight is 441 g/mol. The number of phenolic OH excluding ortho intramolecular Hbond substituents is 1. The van der Waals surface area contributed by atoms with Crippen LogP contribution in [-0.2, 0) is 14.3 Å². The van der Waals surface area contributed by atoms with Crippen LogP contribution in [0.3, 0.4) is 0 Å². The average Bonchev–Trinajstić information content (AvgIpc) is 3.38. The molecule has 168 valence electrons. The van der Waals surface area contributed by atoms with E-state index in [1.54, 1.807) is 19.1 Å². The van der Waals surface area contributed by atoms with Crippen LogP contribution in [0.1, 0.15) is 36.9 Å². The molecule has 2 heterocycles. The monoisotopic (exact) mass is 441 g/mol. The van der Waals surface area contributed by atoms with Crippen LogP contribution in [0.4, 0.5) is 4.39 Å². The van der Waals surface area contributed by atoms with Gasteiger partial charge in [-0.2, -0.15) is 0 Å². The summed E-state index contributed by atoms with van der Waals surface area (Å²) in [5.41, 5.74) is 0.607. The second-order valence-electron chi connectivity index (χ2n) is 7.75. The molecule has 2 atom stereocenters. The zero-order valence-corrected chi connectivity index (χ0v) is 17.6. The third-order valence-electron chi connectivity index (χ3n) is 5.68. The highest BCUT2D eigenvalue weighted by atomic mass is 19.1. The van der Waals surface area contributed by atoms with Crippen molar-refractivity contribution >= 4 is 17.4 Å². The molecular formula is C24H24FNO6. The van der Waals surface area contributed by atoms with E-state index in [0.717, 1.165) is 12.8 Å². The van der Waals surface area contributed by atoms with E-state index in [9.17, 15) is 24.2 Å². The Morgan fingerprint density at radius 3 is 2.62 bits per heavy atom. The third kappa shape index (κ3) is 4.05. The molecule has 2 aliphatic heterocycles. The number of amides is 1. The molecule has 2 aromatic carbocycles. The first kappa shape index (κ1) is 21.8. The SMILES string of the molecule is CCOc1cc(C2C(=C(O)c3ccc(F)cc3)C(=O)C(=O)N2CC2CCCO2)ccc1O. The maximum atomic E-state index is 13.4. The van der Waals surface area contributed by atoms with Gasteiger partial charge in [0.15, 0.2) is 11.5 Å². The molecule has 8 heteroatoms. The van der Waals surface area contributed by atoms with E-state index in [0.29, 0.717) is 18.8 Å². The van der Waals surface area contributed by atoms with Crippen LogP contribution >= 0.6 is 0 Å². The zero-order valence-electron chi connectivity index (χ0n) is 17.6. The van der Waals surface area contributed by atoms with Crippen LogP contribution in [0, 0.1) is 5.82 Å². The van der Waals surface area contributed by atoms with Crippen molar-refractivity contribution < 1.29 is 33.7 Å². The van der Waals surface area contributed by atoms with Crippen molar-refractivity contribution in [3.05, 3.63) is 65.0 Å². The van der Waals surface area contributed by atoms with E-state index >= 15 is 0 Å². The maximum absolute atomic E-state index is 13.4. The quantitative estimate of drug-likeness (QED) is 0.405. The Morgan fingerprint density at radius 2 is 1.97 bits per heavy atom. The molecule has 32 heavy (non-hydrogen) atoms. The van der Waals surface area contributed by atoms with Gasteiger partial charge in [-0.25, -0.2) is 4.39 Å². The molecule has 0 bridgehead atoms. The minimum Gasteiger partial charge on any atom is -0.507 e. The first-order chi connectivity index (χ1) is 15.4. The highest BCUT2D eigenvalue weighted by Gasteiger charge is 2.47. The number of likely N-dealkylation sites (tertiary alicyclic amines) is 1. The van der Waals surface area contributed by atoms with Gasteiger partial charge in [0.25, 0.3) is 11.7 Å². The van der Waals surface area contributed by atoms with Gasteiger partial charge in [-0.15, -0.1) is 0 Å². The number of ether oxygens (including phenoxy) is 2. The second-order valence-corrected chi connectivity index (χ2v) is 7.75. The van der Waals surface area contributed by atoms with Crippen LogP contribution in [0.15, 0.2) is 48.0 Å². The molecule has 4 rings (SSSR count). The lowest BCUT2D eigenvalue weighted by Gasteiger charge is -2.27. The number of aromatic hydroxyl groups is 1. The van der Waals surface area contributed by atoms with Gasteiger partial charge in [0, 0.05) is 18.7 Å². The molecule has 0 saturated carbocycles. The number of nitrogens with zero attached hydrogens (tertiary/aromatic N) is 1. The fourth-order valence-electron chi connectivity index (χ4n) is 4.16. The molecular weight excluding hydrogens is 417 g/mol. The largest absolute Gasteiger partial charge is 0.507 e. The number of phenols is 1. The third-order valence-corrected chi connectivity index (χ3v) is 5.68. The normalized spacial score (nSPS) is 22.5. The molecule has 2 aliphatic rings. The molecule has 2 aromatic rings. The molecule has 0 aromatic heterocycles. The summed E-state index contributed by atoms with van der Waals surface area (Å²) in [6.45, 7) is 2.84.